The van der Waals surface area contributed by atoms with Gasteiger partial charge in [-0.2, -0.15) is 5.10 Å². The number of aromatic nitrogens is 3. The number of hydrogen-bond acceptors (Lipinski definition) is 4. The fourth-order valence-electron chi connectivity index (χ4n) is 1.39. The van der Waals surface area contributed by atoms with Gasteiger partial charge in [0.2, 0.25) is 0 Å². The minimum atomic E-state index is 0.261. The third-order valence-corrected chi connectivity index (χ3v) is 3.90. The van der Waals surface area contributed by atoms with Crippen LogP contribution in [0.5, 0.6) is 0 Å². The molecule has 0 aliphatic heterocycles. The molecule has 2 heterocycles. The lowest BCUT2D eigenvalue weighted by atomic mass is 10.3. The van der Waals surface area contributed by atoms with Crippen LogP contribution in [0.2, 0.25) is 0 Å². The molecule has 0 saturated heterocycles. The number of thiazole rings is 1. The first-order chi connectivity index (χ1) is 7.65. The van der Waals surface area contributed by atoms with Gasteiger partial charge in [-0.3, -0.25) is 4.68 Å². The van der Waals surface area contributed by atoms with Crippen LogP contribution >= 0.6 is 27.3 Å². The lowest BCUT2D eigenvalue weighted by Crippen LogP contribution is -2.17. The molecule has 1 N–H and O–H groups in total. The van der Waals surface area contributed by atoms with Crippen LogP contribution in [0.4, 0.5) is 0 Å². The van der Waals surface area contributed by atoms with Crippen LogP contribution in [0.15, 0.2) is 22.4 Å². The third-order valence-electron chi connectivity index (χ3n) is 2.24. The van der Waals surface area contributed by atoms with Crippen molar-refractivity contribution in [3.05, 3.63) is 32.9 Å². The highest BCUT2D eigenvalue weighted by molar-refractivity contribution is 9.11. The molecule has 4 nitrogen and oxygen atoms in total. The normalized spacial score (nSPS) is 12.9. The van der Waals surface area contributed by atoms with E-state index in [4.69, 9.17) is 0 Å². The number of nitrogens with one attached hydrogen (secondary N) is 1. The Morgan fingerprint density at radius 3 is 2.94 bits per heavy atom. The summed E-state index contributed by atoms with van der Waals surface area (Å²) in [5.41, 5.74) is 1.19. The molecule has 2 aromatic heterocycles. The molecule has 6 heteroatoms. The van der Waals surface area contributed by atoms with Crippen molar-refractivity contribution in [2.75, 3.05) is 0 Å². The molecule has 2 aromatic rings. The first-order valence-corrected chi connectivity index (χ1v) is 6.58. The number of nitrogens with zero attached hydrogens (tertiary/aromatic N) is 3. The second-order valence-electron chi connectivity index (χ2n) is 3.63. The summed E-state index contributed by atoms with van der Waals surface area (Å²) in [4.78, 5) is 4.32. The van der Waals surface area contributed by atoms with Gasteiger partial charge in [0.05, 0.1) is 22.2 Å². The standard InChI is InChI=1S/C10H13BrN4S/c1-7(10-13-5-9(11)16-10)12-3-8-4-14-15(2)6-8/h4-7,12H,3H2,1-2H3. The minimum Gasteiger partial charge on any atom is -0.304 e. The zero-order valence-corrected chi connectivity index (χ0v) is 11.5. The minimum absolute atomic E-state index is 0.261. The SMILES string of the molecule is CC(NCc1cnn(C)c1)c1ncc(Br)s1. The van der Waals surface area contributed by atoms with Crippen LogP contribution < -0.4 is 5.32 Å². The highest BCUT2D eigenvalue weighted by atomic mass is 79.9. The quantitative estimate of drug-likeness (QED) is 0.943. The molecule has 1 atom stereocenters. The van der Waals surface area contributed by atoms with Crippen LogP contribution in [0.3, 0.4) is 0 Å². The fourth-order valence-corrected chi connectivity index (χ4v) is 2.66. The summed E-state index contributed by atoms with van der Waals surface area (Å²) < 4.78 is 2.87. The summed E-state index contributed by atoms with van der Waals surface area (Å²) in [6, 6.07) is 0.261. The smallest absolute Gasteiger partial charge is 0.110 e. The maximum absolute atomic E-state index is 4.32. The van der Waals surface area contributed by atoms with Gasteiger partial charge in [0, 0.05) is 25.4 Å². The molecular weight excluding hydrogens is 288 g/mol. The zero-order valence-electron chi connectivity index (χ0n) is 9.14. The summed E-state index contributed by atoms with van der Waals surface area (Å²) in [5, 5.41) is 8.64. The third kappa shape index (κ3) is 2.90. The predicted molar refractivity (Wildman–Crippen MR) is 68.3 cm³/mol. The van der Waals surface area contributed by atoms with Gasteiger partial charge in [0.15, 0.2) is 0 Å². The molecule has 0 radical (unpaired) electrons. The zero-order chi connectivity index (χ0) is 11.5. The molecular formula is C10H13BrN4S. The van der Waals surface area contributed by atoms with Crippen molar-refractivity contribution in [2.24, 2.45) is 7.05 Å². The van der Waals surface area contributed by atoms with Crippen LogP contribution in [-0.2, 0) is 13.6 Å². The number of rotatable bonds is 4. The maximum Gasteiger partial charge on any atom is 0.110 e. The summed E-state index contributed by atoms with van der Waals surface area (Å²) >= 11 is 5.07. The molecule has 0 spiro atoms. The van der Waals surface area contributed by atoms with Gasteiger partial charge in [-0.1, -0.05) is 0 Å². The Morgan fingerprint density at radius 1 is 1.56 bits per heavy atom. The first kappa shape index (κ1) is 11.8. The molecule has 1 unspecified atom stereocenters. The van der Waals surface area contributed by atoms with Crippen molar-refractivity contribution in [2.45, 2.75) is 19.5 Å². The molecule has 0 aliphatic carbocycles. The Hall–Kier alpha value is -0.720. The highest BCUT2D eigenvalue weighted by Crippen LogP contribution is 2.24. The van der Waals surface area contributed by atoms with Crippen LogP contribution in [0, 0.1) is 0 Å². The molecule has 0 fully saturated rings. The van der Waals surface area contributed by atoms with Gasteiger partial charge >= 0.3 is 0 Å². The predicted octanol–water partition coefficient (Wildman–Crippen LogP) is 2.49. The molecule has 16 heavy (non-hydrogen) atoms. The van der Waals surface area contributed by atoms with E-state index in [0.717, 1.165) is 15.3 Å². The number of aryl methyl sites for hydroxylation is 1. The van der Waals surface area contributed by atoms with Gasteiger partial charge < -0.3 is 5.32 Å². The van der Waals surface area contributed by atoms with Crippen LogP contribution in [0.25, 0.3) is 0 Å². The van der Waals surface area contributed by atoms with Crippen molar-refractivity contribution in [1.29, 1.82) is 0 Å². The molecule has 86 valence electrons. The molecule has 0 bridgehead atoms. The first-order valence-electron chi connectivity index (χ1n) is 4.97. The average molecular weight is 301 g/mol. The molecule has 0 saturated carbocycles. The Morgan fingerprint density at radius 2 is 2.38 bits per heavy atom. The van der Waals surface area contributed by atoms with Crippen LogP contribution in [0.1, 0.15) is 23.5 Å². The van der Waals surface area contributed by atoms with E-state index >= 15 is 0 Å². The number of hydrogen-bond donors (Lipinski definition) is 1. The van der Waals surface area contributed by atoms with Gasteiger partial charge in [0.1, 0.15) is 5.01 Å². The summed E-state index contributed by atoms with van der Waals surface area (Å²) in [5.74, 6) is 0. The Labute approximate surface area is 107 Å². The van der Waals surface area contributed by atoms with E-state index in [1.807, 2.05) is 30.3 Å². The molecule has 0 aromatic carbocycles. The van der Waals surface area contributed by atoms with E-state index in [1.54, 1.807) is 11.3 Å². The highest BCUT2D eigenvalue weighted by Gasteiger charge is 2.09. The summed E-state index contributed by atoms with van der Waals surface area (Å²) in [6.07, 6.45) is 5.72. The Balaban J connectivity index is 1.91. The lowest BCUT2D eigenvalue weighted by molar-refractivity contribution is 0.571. The van der Waals surface area contributed by atoms with Gasteiger partial charge in [-0.25, -0.2) is 4.98 Å². The summed E-state index contributed by atoms with van der Waals surface area (Å²) in [7, 11) is 1.92. The maximum atomic E-state index is 4.32. The van der Waals surface area contributed by atoms with Crippen molar-refractivity contribution in [3.63, 3.8) is 0 Å². The monoisotopic (exact) mass is 300 g/mol. The second kappa shape index (κ2) is 5.07. The van der Waals surface area contributed by atoms with E-state index in [1.165, 1.54) is 5.56 Å². The van der Waals surface area contributed by atoms with Crippen LogP contribution in [-0.4, -0.2) is 14.8 Å². The largest absolute Gasteiger partial charge is 0.304 e. The van der Waals surface area contributed by atoms with E-state index < -0.39 is 0 Å². The molecule has 0 amide bonds. The van der Waals surface area contributed by atoms with E-state index in [9.17, 15) is 0 Å². The summed E-state index contributed by atoms with van der Waals surface area (Å²) in [6.45, 7) is 2.92. The molecule has 2 rings (SSSR count). The fraction of sp³-hybridized carbons (Fsp3) is 0.400. The topological polar surface area (TPSA) is 42.7 Å². The van der Waals surface area contributed by atoms with Crippen molar-refractivity contribution in [3.8, 4) is 0 Å². The molecule has 0 aliphatic rings. The van der Waals surface area contributed by atoms with E-state index in [-0.39, 0.29) is 6.04 Å². The second-order valence-corrected chi connectivity index (χ2v) is 6.07. The Kier molecular flexibility index (Phi) is 3.73. The van der Waals surface area contributed by atoms with Crippen molar-refractivity contribution in [1.82, 2.24) is 20.1 Å². The van der Waals surface area contributed by atoms with Crippen molar-refractivity contribution < 1.29 is 0 Å². The average Bonchev–Trinajstić information content (AvgIpc) is 2.84. The number of halogens is 1. The van der Waals surface area contributed by atoms with Gasteiger partial charge in [0.25, 0.3) is 0 Å². The van der Waals surface area contributed by atoms with Crippen molar-refractivity contribution >= 4 is 27.3 Å². The Bertz CT molecular complexity index is 465. The van der Waals surface area contributed by atoms with E-state index in [0.29, 0.717) is 0 Å². The van der Waals surface area contributed by atoms with Gasteiger partial charge in [-0.15, -0.1) is 11.3 Å². The lowest BCUT2D eigenvalue weighted by Gasteiger charge is -2.09. The van der Waals surface area contributed by atoms with E-state index in [2.05, 4.69) is 38.3 Å². The van der Waals surface area contributed by atoms with Gasteiger partial charge in [-0.05, 0) is 22.9 Å².